The SMILES string of the molecule is O=C(CCCN1C(=O)C=CC1=O)NCCNC(=O)c1cc2nc(c1)-c1cc(CO)cc(n1)CN1Cc3cccc(n3)-c3cccc(n3)CN(Cc3cccc(n3)-c3cccc(n3)C1)C2. The summed E-state index contributed by atoms with van der Waals surface area (Å²) < 4.78 is 0. The molecule has 0 spiro atoms. The van der Waals surface area contributed by atoms with Gasteiger partial charge in [-0.15, -0.1) is 0 Å². The van der Waals surface area contributed by atoms with E-state index in [1.54, 1.807) is 18.2 Å². The molecular weight excluding hydrogens is 811 g/mol. The summed E-state index contributed by atoms with van der Waals surface area (Å²) in [5.41, 5.74) is 9.51. The van der Waals surface area contributed by atoms with Crippen LogP contribution >= 0.6 is 0 Å². The van der Waals surface area contributed by atoms with E-state index in [2.05, 4.69) is 20.4 Å². The number of carbonyl (C=O) groups is 4. The van der Waals surface area contributed by atoms with Gasteiger partial charge in [0, 0.05) is 83.0 Å². The van der Waals surface area contributed by atoms with Crippen molar-refractivity contribution < 1.29 is 24.3 Å². The summed E-state index contributed by atoms with van der Waals surface area (Å²) in [5.74, 6) is -1.40. The van der Waals surface area contributed by atoms with Gasteiger partial charge in [-0.1, -0.05) is 24.3 Å². The number of nitrogens with zero attached hydrogens (tertiary/aromatic N) is 9. The minimum atomic E-state index is -0.384. The standard InChI is InChI=1S/C48H45N11O5/c60-30-31-20-37-28-57-24-33-6-1-10-39(51-33)41-12-3-8-35(53-41)26-58(27-36-9-4-13-42(54-36)40-11-2-7-34(25-57)52-40)29-38-22-32(23-44(56-38)43(21-31)55-37)48(64)50-18-17-49-45(61)14-5-19-59-46(62)15-16-47(59)63/h1-4,6-13,15-16,20-23,60H,5,14,17-19,24-30H2,(H,49,61)(H,50,64). The maximum atomic E-state index is 14.0. The largest absolute Gasteiger partial charge is 0.392 e. The highest BCUT2D eigenvalue weighted by Crippen LogP contribution is 2.26. The van der Waals surface area contributed by atoms with Crippen molar-refractivity contribution in [3.05, 3.63) is 155 Å². The maximum absolute atomic E-state index is 14.0. The molecule has 0 saturated carbocycles. The topological polar surface area (TPSA) is 200 Å². The van der Waals surface area contributed by atoms with Gasteiger partial charge in [0.1, 0.15) is 0 Å². The van der Waals surface area contributed by atoms with Gasteiger partial charge in [-0.05, 0) is 84.8 Å². The van der Waals surface area contributed by atoms with Crippen molar-refractivity contribution in [3.63, 3.8) is 0 Å². The molecule has 6 aromatic rings. The summed E-state index contributed by atoms with van der Waals surface area (Å²) in [7, 11) is 0. The quantitative estimate of drug-likeness (QED) is 0.139. The number of aliphatic hydroxyl groups is 1. The molecule has 0 aliphatic carbocycles. The van der Waals surface area contributed by atoms with Crippen LogP contribution in [0.2, 0.25) is 0 Å². The predicted molar refractivity (Wildman–Crippen MR) is 235 cm³/mol. The normalized spacial score (nSPS) is 16.6. The Kier molecular flexibility index (Phi) is 12.4. The molecule has 64 heavy (non-hydrogen) atoms. The molecule has 16 heteroatoms. The molecule has 3 N–H and O–H groups in total. The molecule has 16 nitrogen and oxygen atoms in total. The lowest BCUT2D eigenvalue weighted by atomic mass is 10.1. The number of aliphatic hydroxyl groups excluding tert-OH is 1. The molecule has 0 unspecified atom stereocenters. The lowest BCUT2D eigenvalue weighted by Crippen LogP contribution is -2.35. The van der Waals surface area contributed by atoms with Crippen molar-refractivity contribution >= 4 is 23.6 Å². The van der Waals surface area contributed by atoms with E-state index in [-0.39, 0.29) is 56.3 Å². The van der Waals surface area contributed by atoms with Crippen LogP contribution in [0, 0.1) is 0 Å². The minimum absolute atomic E-state index is 0.116. The highest BCUT2D eigenvalue weighted by atomic mass is 16.3. The summed E-state index contributed by atoms with van der Waals surface area (Å²) in [6.07, 6.45) is 2.87. The van der Waals surface area contributed by atoms with Gasteiger partial charge in [0.25, 0.3) is 17.7 Å². The monoisotopic (exact) mass is 855 g/mol. The first kappa shape index (κ1) is 41.9. The van der Waals surface area contributed by atoms with Gasteiger partial charge in [-0.2, -0.15) is 0 Å². The molecule has 0 aromatic carbocycles. The third-order valence-corrected chi connectivity index (χ3v) is 11.0. The number of nitrogens with one attached hydrogen (secondary N) is 2. The second-order valence-corrected chi connectivity index (χ2v) is 16.0. The zero-order valence-electron chi connectivity index (χ0n) is 35.0. The maximum Gasteiger partial charge on any atom is 0.253 e. The number of pyridine rings is 6. The highest BCUT2D eigenvalue weighted by Gasteiger charge is 2.23. The minimum Gasteiger partial charge on any atom is -0.392 e. The first-order chi connectivity index (χ1) is 31.2. The lowest BCUT2D eigenvalue weighted by molar-refractivity contribution is -0.137. The summed E-state index contributed by atoms with van der Waals surface area (Å²) in [6, 6.07) is 30.9. The van der Waals surface area contributed by atoms with Crippen LogP contribution in [0.5, 0.6) is 0 Å². The van der Waals surface area contributed by atoms with Crippen molar-refractivity contribution in [2.75, 3.05) is 19.6 Å². The van der Waals surface area contributed by atoms with E-state index in [4.69, 9.17) is 29.9 Å². The number of hydrogen-bond donors (Lipinski definition) is 3. The van der Waals surface area contributed by atoms with Crippen LogP contribution in [0.15, 0.2) is 109 Å². The van der Waals surface area contributed by atoms with E-state index in [1.165, 1.54) is 12.2 Å². The number of amides is 4. The van der Waals surface area contributed by atoms with Crippen LogP contribution in [0.4, 0.5) is 0 Å². The number of hydrogen-bond acceptors (Lipinski definition) is 13. The molecule has 322 valence electrons. The van der Waals surface area contributed by atoms with Crippen LogP contribution in [-0.2, 0) is 60.3 Å². The molecule has 14 bridgehead atoms. The molecule has 0 saturated heterocycles. The Labute approximate surface area is 369 Å². The molecule has 0 fully saturated rings. The van der Waals surface area contributed by atoms with E-state index in [1.807, 2.05) is 78.9 Å². The van der Waals surface area contributed by atoms with Crippen molar-refractivity contribution in [1.29, 1.82) is 0 Å². The van der Waals surface area contributed by atoms with Crippen LogP contribution in [0.1, 0.15) is 62.9 Å². The Morgan fingerprint density at radius 3 is 1.47 bits per heavy atom. The molecular formula is C48H45N11O5. The second-order valence-electron chi connectivity index (χ2n) is 16.0. The van der Waals surface area contributed by atoms with E-state index >= 15 is 0 Å². The summed E-state index contributed by atoms with van der Waals surface area (Å²) in [4.78, 5) is 86.2. The van der Waals surface area contributed by atoms with Gasteiger partial charge < -0.3 is 15.7 Å². The van der Waals surface area contributed by atoms with E-state index in [0.717, 1.165) is 50.5 Å². The van der Waals surface area contributed by atoms with E-state index in [9.17, 15) is 24.3 Å². The molecule has 6 aromatic heterocycles. The number of imide groups is 1. The van der Waals surface area contributed by atoms with E-state index in [0.29, 0.717) is 79.6 Å². The molecule has 10 heterocycles. The van der Waals surface area contributed by atoms with Crippen molar-refractivity contribution in [1.82, 2.24) is 55.2 Å². The number of aromatic nitrogens is 6. The Morgan fingerprint density at radius 1 is 0.531 bits per heavy atom. The van der Waals surface area contributed by atoms with Crippen molar-refractivity contribution in [3.8, 4) is 34.2 Å². The Balaban J connectivity index is 1.06. The van der Waals surface area contributed by atoms with Gasteiger partial charge in [0.2, 0.25) is 5.91 Å². The lowest BCUT2D eigenvalue weighted by Gasteiger charge is -2.24. The Bertz CT molecular complexity index is 2680. The average Bonchev–Trinajstić information content (AvgIpc) is 3.62. The van der Waals surface area contributed by atoms with Gasteiger partial charge in [0.05, 0.1) is 74.9 Å². The first-order valence-corrected chi connectivity index (χ1v) is 21.2. The molecule has 4 aliphatic rings. The highest BCUT2D eigenvalue weighted by molar-refractivity contribution is 6.12. The molecule has 0 atom stereocenters. The molecule has 0 radical (unpaired) electrons. The summed E-state index contributed by atoms with van der Waals surface area (Å²) in [5, 5.41) is 16.2. The zero-order chi connectivity index (χ0) is 44.0. The number of rotatable bonds is 9. The molecule has 10 rings (SSSR count). The van der Waals surface area contributed by atoms with Gasteiger partial charge >= 0.3 is 0 Å². The van der Waals surface area contributed by atoms with Gasteiger partial charge in [-0.25, -0.2) is 29.9 Å². The molecule has 4 amide bonds. The molecule has 4 aliphatic heterocycles. The van der Waals surface area contributed by atoms with Gasteiger partial charge in [-0.3, -0.25) is 33.9 Å². The van der Waals surface area contributed by atoms with Gasteiger partial charge in [0.15, 0.2) is 0 Å². The fourth-order valence-electron chi connectivity index (χ4n) is 8.05. The third-order valence-electron chi connectivity index (χ3n) is 11.0. The van der Waals surface area contributed by atoms with Crippen LogP contribution < -0.4 is 10.6 Å². The smallest absolute Gasteiger partial charge is 0.253 e. The number of carbonyl (C=O) groups excluding carboxylic acids is 4. The summed E-state index contributed by atoms with van der Waals surface area (Å²) in [6.45, 7) is 2.65. The average molecular weight is 856 g/mol. The first-order valence-electron chi connectivity index (χ1n) is 21.2. The summed E-state index contributed by atoms with van der Waals surface area (Å²) >= 11 is 0. The van der Waals surface area contributed by atoms with Crippen LogP contribution in [0.25, 0.3) is 34.2 Å². The van der Waals surface area contributed by atoms with Crippen LogP contribution in [-0.4, -0.2) is 93.0 Å². The third kappa shape index (κ3) is 10.1. The zero-order valence-corrected chi connectivity index (χ0v) is 35.0. The second kappa shape index (κ2) is 18.9. The van der Waals surface area contributed by atoms with Crippen molar-refractivity contribution in [2.24, 2.45) is 0 Å². The fraction of sp³-hybridized carbons (Fsp3) is 0.250. The Hall–Kier alpha value is -7.40. The Morgan fingerprint density at radius 2 is 0.969 bits per heavy atom. The predicted octanol–water partition coefficient (Wildman–Crippen LogP) is 4.13. The van der Waals surface area contributed by atoms with Crippen molar-refractivity contribution in [2.45, 2.75) is 58.7 Å². The van der Waals surface area contributed by atoms with Crippen LogP contribution in [0.3, 0.4) is 0 Å². The van der Waals surface area contributed by atoms with E-state index < -0.39 is 0 Å². The fourth-order valence-corrected chi connectivity index (χ4v) is 8.05.